The first-order valence-electron chi connectivity index (χ1n) is 10.8. The number of nitrogens with zero attached hydrogens (tertiary/aromatic N) is 3. The van der Waals surface area contributed by atoms with Crippen molar-refractivity contribution in [3.8, 4) is 0 Å². The van der Waals surface area contributed by atoms with Crippen molar-refractivity contribution in [3.05, 3.63) is 52.0 Å². The Labute approximate surface area is 171 Å². The van der Waals surface area contributed by atoms with Crippen LogP contribution in [-0.4, -0.2) is 20.4 Å². The van der Waals surface area contributed by atoms with E-state index in [2.05, 4.69) is 28.9 Å². The number of rotatable bonds is 3. The van der Waals surface area contributed by atoms with Gasteiger partial charge in [-0.25, -0.2) is 9.97 Å². The van der Waals surface area contributed by atoms with E-state index < -0.39 is 0 Å². The molecule has 1 saturated carbocycles. The molecule has 1 N–H and O–H groups in total. The summed E-state index contributed by atoms with van der Waals surface area (Å²) in [4.78, 5) is 23.3. The maximum absolute atomic E-state index is 13.4. The minimum Gasteiger partial charge on any atom is -0.321 e. The lowest BCUT2D eigenvalue weighted by atomic mass is 10.0. The van der Waals surface area contributed by atoms with Gasteiger partial charge in [0, 0.05) is 30.3 Å². The Kier molecular flexibility index (Phi) is 4.41. The second-order valence-corrected chi connectivity index (χ2v) is 8.76. The maximum atomic E-state index is 13.4. The SMILES string of the molecule is Cc1cc(C)c(NC(=O)c2cc(C3CC3)nc3c2nc2n3CCCCC2)c(C)c1. The van der Waals surface area contributed by atoms with Crippen LogP contribution in [0.15, 0.2) is 18.2 Å². The summed E-state index contributed by atoms with van der Waals surface area (Å²) in [5.74, 6) is 1.49. The van der Waals surface area contributed by atoms with Crippen LogP contribution in [0.4, 0.5) is 5.69 Å². The van der Waals surface area contributed by atoms with E-state index in [1.807, 2.05) is 19.9 Å². The van der Waals surface area contributed by atoms with Gasteiger partial charge < -0.3 is 9.88 Å². The molecule has 1 aliphatic carbocycles. The van der Waals surface area contributed by atoms with Gasteiger partial charge in [0.2, 0.25) is 0 Å². The van der Waals surface area contributed by atoms with Crippen LogP contribution in [-0.2, 0) is 13.0 Å². The van der Waals surface area contributed by atoms with Crippen molar-refractivity contribution in [3.63, 3.8) is 0 Å². The number of carbonyl (C=O) groups is 1. The van der Waals surface area contributed by atoms with E-state index in [4.69, 9.17) is 9.97 Å². The Bertz CT molecular complexity index is 1100. The number of amides is 1. The van der Waals surface area contributed by atoms with Gasteiger partial charge in [0.25, 0.3) is 5.91 Å². The van der Waals surface area contributed by atoms with Crippen molar-refractivity contribution in [1.29, 1.82) is 0 Å². The monoisotopic (exact) mass is 388 g/mol. The zero-order chi connectivity index (χ0) is 20.1. The minimum atomic E-state index is -0.0809. The molecule has 5 rings (SSSR count). The molecule has 150 valence electrons. The Hall–Kier alpha value is -2.69. The highest BCUT2D eigenvalue weighted by atomic mass is 16.1. The van der Waals surface area contributed by atoms with Gasteiger partial charge in [0.1, 0.15) is 11.3 Å². The number of fused-ring (bicyclic) bond motifs is 3. The number of carbonyl (C=O) groups excluding carboxylic acids is 1. The minimum absolute atomic E-state index is 0.0809. The van der Waals surface area contributed by atoms with Crippen LogP contribution >= 0.6 is 0 Å². The quantitative estimate of drug-likeness (QED) is 0.670. The number of aromatic nitrogens is 3. The molecular formula is C24H28N4O. The summed E-state index contributed by atoms with van der Waals surface area (Å²) >= 11 is 0. The summed E-state index contributed by atoms with van der Waals surface area (Å²) in [5.41, 5.74) is 7.65. The Morgan fingerprint density at radius 2 is 1.79 bits per heavy atom. The van der Waals surface area contributed by atoms with Crippen molar-refractivity contribution >= 4 is 22.8 Å². The highest BCUT2D eigenvalue weighted by Gasteiger charge is 2.29. The molecule has 2 aliphatic rings. The fourth-order valence-electron chi connectivity index (χ4n) is 4.63. The standard InChI is InChI=1S/C24H28N4O/c1-14-11-15(2)21(16(3)12-14)27-24(29)18-13-19(17-8-9-17)25-23-22(18)26-20-7-5-4-6-10-28(20)23/h11-13,17H,4-10H2,1-3H3,(H,27,29). The van der Waals surface area contributed by atoms with Crippen molar-refractivity contribution in [2.45, 2.75) is 71.8 Å². The van der Waals surface area contributed by atoms with Gasteiger partial charge in [-0.2, -0.15) is 0 Å². The molecule has 5 nitrogen and oxygen atoms in total. The van der Waals surface area contributed by atoms with Gasteiger partial charge in [-0.1, -0.05) is 24.1 Å². The van der Waals surface area contributed by atoms with Crippen molar-refractivity contribution in [2.24, 2.45) is 0 Å². The van der Waals surface area contributed by atoms with Gasteiger partial charge >= 0.3 is 0 Å². The molecule has 3 aromatic rings. The normalized spacial score (nSPS) is 16.5. The molecule has 0 radical (unpaired) electrons. The maximum Gasteiger partial charge on any atom is 0.258 e. The van der Waals surface area contributed by atoms with E-state index in [0.29, 0.717) is 11.5 Å². The molecule has 5 heteroatoms. The molecule has 0 bridgehead atoms. The molecule has 0 saturated heterocycles. The summed E-state index contributed by atoms with van der Waals surface area (Å²) in [6.45, 7) is 7.13. The lowest BCUT2D eigenvalue weighted by Gasteiger charge is -2.14. The van der Waals surface area contributed by atoms with Crippen LogP contribution in [0, 0.1) is 20.8 Å². The molecule has 1 amide bonds. The molecule has 0 atom stereocenters. The van der Waals surface area contributed by atoms with Crippen LogP contribution in [0.2, 0.25) is 0 Å². The van der Waals surface area contributed by atoms with E-state index in [1.165, 1.54) is 12.0 Å². The Balaban J connectivity index is 1.61. The van der Waals surface area contributed by atoms with Crippen molar-refractivity contribution in [2.75, 3.05) is 5.32 Å². The fourth-order valence-corrected chi connectivity index (χ4v) is 4.63. The highest BCUT2D eigenvalue weighted by molar-refractivity contribution is 6.11. The summed E-state index contributed by atoms with van der Waals surface area (Å²) in [6.07, 6.45) is 6.82. The third kappa shape index (κ3) is 3.33. The van der Waals surface area contributed by atoms with Crippen LogP contribution < -0.4 is 5.32 Å². The van der Waals surface area contributed by atoms with Gasteiger partial charge in [0.15, 0.2) is 5.65 Å². The first kappa shape index (κ1) is 18.3. The second-order valence-electron chi connectivity index (χ2n) is 8.76. The van der Waals surface area contributed by atoms with Crippen LogP contribution in [0.3, 0.4) is 0 Å². The fraction of sp³-hybridized carbons (Fsp3) is 0.458. The van der Waals surface area contributed by atoms with E-state index in [0.717, 1.165) is 78.1 Å². The molecule has 0 unspecified atom stereocenters. The van der Waals surface area contributed by atoms with Gasteiger partial charge in [-0.15, -0.1) is 0 Å². The molecule has 1 aliphatic heterocycles. The number of benzene rings is 1. The summed E-state index contributed by atoms with van der Waals surface area (Å²) in [7, 11) is 0. The number of nitrogens with one attached hydrogen (secondary N) is 1. The van der Waals surface area contributed by atoms with Crippen LogP contribution in [0.1, 0.15) is 76.6 Å². The predicted octanol–water partition coefficient (Wildman–Crippen LogP) is 5.21. The van der Waals surface area contributed by atoms with Gasteiger partial charge in [-0.05, 0) is 63.6 Å². The van der Waals surface area contributed by atoms with Crippen molar-refractivity contribution in [1.82, 2.24) is 14.5 Å². The first-order chi connectivity index (χ1) is 14.0. The van der Waals surface area contributed by atoms with E-state index >= 15 is 0 Å². The average molecular weight is 389 g/mol. The molecule has 1 aromatic carbocycles. The number of aryl methyl sites for hydroxylation is 5. The number of pyridine rings is 1. The zero-order valence-corrected chi connectivity index (χ0v) is 17.5. The smallest absolute Gasteiger partial charge is 0.258 e. The second kappa shape index (κ2) is 6.97. The van der Waals surface area contributed by atoms with E-state index in [1.54, 1.807) is 0 Å². The third-order valence-electron chi connectivity index (χ3n) is 6.24. The largest absolute Gasteiger partial charge is 0.321 e. The molecule has 3 heterocycles. The summed E-state index contributed by atoms with van der Waals surface area (Å²) in [6, 6.07) is 6.21. The Morgan fingerprint density at radius 1 is 1.03 bits per heavy atom. The predicted molar refractivity (Wildman–Crippen MR) is 116 cm³/mol. The molecule has 1 fully saturated rings. The summed E-state index contributed by atoms with van der Waals surface area (Å²) < 4.78 is 2.26. The lowest BCUT2D eigenvalue weighted by molar-refractivity contribution is 0.102. The van der Waals surface area contributed by atoms with Crippen molar-refractivity contribution < 1.29 is 4.79 Å². The number of imidazole rings is 1. The number of anilines is 1. The van der Waals surface area contributed by atoms with E-state index in [-0.39, 0.29) is 5.91 Å². The number of hydrogen-bond donors (Lipinski definition) is 1. The average Bonchev–Trinajstić information content (AvgIpc) is 3.49. The van der Waals surface area contributed by atoms with Crippen LogP contribution in [0.25, 0.3) is 11.2 Å². The lowest BCUT2D eigenvalue weighted by Crippen LogP contribution is -2.15. The molecular weight excluding hydrogens is 360 g/mol. The zero-order valence-electron chi connectivity index (χ0n) is 17.5. The van der Waals surface area contributed by atoms with Crippen LogP contribution in [0.5, 0.6) is 0 Å². The Morgan fingerprint density at radius 3 is 2.52 bits per heavy atom. The molecule has 29 heavy (non-hydrogen) atoms. The molecule has 0 spiro atoms. The highest BCUT2D eigenvalue weighted by Crippen LogP contribution is 2.40. The number of hydrogen-bond acceptors (Lipinski definition) is 3. The topological polar surface area (TPSA) is 59.8 Å². The summed E-state index contributed by atoms with van der Waals surface area (Å²) in [5, 5.41) is 3.18. The van der Waals surface area contributed by atoms with E-state index in [9.17, 15) is 4.79 Å². The van der Waals surface area contributed by atoms with Gasteiger partial charge in [0.05, 0.1) is 5.56 Å². The first-order valence-corrected chi connectivity index (χ1v) is 10.8. The van der Waals surface area contributed by atoms with Gasteiger partial charge in [-0.3, -0.25) is 4.79 Å². The third-order valence-corrected chi connectivity index (χ3v) is 6.24. The molecule has 2 aromatic heterocycles.